The Kier molecular flexibility index (Phi) is 3.31. The molecule has 1 rings (SSSR count). The van der Waals surface area contributed by atoms with Crippen LogP contribution in [0.5, 0.6) is 0 Å². The molecule has 1 heterocycles. The molecule has 84 valence electrons. The van der Waals surface area contributed by atoms with E-state index in [-0.39, 0.29) is 18.3 Å². The molecule has 0 aliphatic heterocycles. The SMILES string of the molecule is CC(C)(CCO)NC(=O)c1cc(N)n[nH]1. The maximum atomic E-state index is 11.6. The van der Waals surface area contributed by atoms with Gasteiger partial charge in [0, 0.05) is 18.2 Å². The third-order valence-corrected chi connectivity index (χ3v) is 2.03. The molecule has 6 nitrogen and oxygen atoms in total. The van der Waals surface area contributed by atoms with Crippen molar-refractivity contribution in [2.24, 2.45) is 0 Å². The van der Waals surface area contributed by atoms with E-state index in [9.17, 15) is 4.79 Å². The molecule has 0 spiro atoms. The van der Waals surface area contributed by atoms with E-state index in [0.717, 1.165) is 0 Å². The smallest absolute Gasteiger partial charge is 0.269 e. The lowest BCUT2D eigenvalue weighted by molar-refractivity contribution is 0.0894. The summed E-state index contributed by atoms with van der Waals surface area (Å²) < 4.78 is 0. The number of rotatable bonds is 4. The number of nitrogen functional groups attached to an aromatic ring is 1. The van der Waals surface area contributed by atoms with Gasteiger partial charge in [0.15, 0.2) is 0 Å². The average Bonchev–Trinajstić information content (AvgIpc) is 2.50. The molecule has 0 unspecified atom stereocenters. The first kappa shape index (κ1) is 11.5. The predicted molar refractivity (Wildman–Crippen MR) is 56.2 cm³/mol. The Bertz CT molecular complexity index is 346. The number of nitrogens with two attached hydrogens (primary N) is 1. The number of aliphatic hydroxyl groups is 1. The first-order chi connectivity index (χ1) is 6.94. The van der Waals surface area contributed by atoms with E-state index in [1.54, 1.807) is 0 Å². The molecule has 1 aromatic heterocycles. The highest BCUT2D eigenvalue weighted by atomic mass is 16.3. The molecule has 0 atom stereocenters. The van der Waals surface area contributed by atoms with E-state index in [4.69, 9.17) is 10.8 Å². The standard InChI is InChI=1S/C9H16N4O2/c1-9(2,3-4-14)11-8(15)6-5-7(10)13-12-6/h5,14H,3-4H2,1-2H3,(H,11,15)(H3,10,12,13). The Morgan fingerprint density at radius 2 is 2.40 bits per heavy atom. The molecular weight excluding hydrogens is 196 g/mol. The van der Waals surface area contributed by atoms with Gasteiger partial charge in [-0.1, -0.05) is 0 Å². The van der Waals surface area contributed by atoms with Crippen LogP contribution in [0.1, 0.15) is 30.8 Å². The summed E-state index contributed by atoms with van der Waals surface area (Å²) in [7, 11) is 0. The maximum Gasteiger partial charge on any atom is 0.269 e. The van der Waals surface area contributed by atoms with Crippen LogP contribution in [-0.4, -0.2) is 33.4 Å². The van der Waals surface area contributed by atoms with E-state index >= 15 is 0 Å². The molecule has 15 heavy (non-hydrogen) atoms. The minimum absolute atomic E-state index is 0.0262. The largest absolute Gasteiger partial charge is 0.396 e. The number of nitrogens with zero attached hydrogens (tertiary/aromatic N) is 1. The molecule has 5 N–H and O–H groups in total. The fourth-order valence-electron chi connectivity index (χ4n) is 1.17. The Morgan fingerprint density at radius 3 is 2.87 bits per heavy atom. The number of anilines is 1. The summed E-state index contributed by atoms with van der Waals surface area (Å²) in [6.07, 6.45) is 0.488. The van der Waals surface area contributed by atoms with Crippen LogP contribution in [-0.2, 0) is 0 Å². The molecule has 0 aliphatic rings. The number of aromatic amines is 1. The van der Waals surface area contributed by atoms with Gasteiger partial charge in [-0.3, -0.25) is 9.89 Å². The minimum atomic E-state index is -0.453. The first-order valence-corrected chi connectivity index (χ1v) is 4.69. The van der Waals surface area contributed by atoms with Crippen molar-refractivity contribution in [3.05, 3.63) is 11.8 Å². The minimum Gasteiger partial charge on any atom is -0.396 e. The van der Waals surface area contributed by atoms with Crippen LogP contribution in [0, 0.1) is 0 Å². The molecule has 0 saturated heterocycles. The van der Waals surface area contributed by atoms with Gasteiger partial charge >= 0.3 is 0 Å². The van der Waals surface area contributed by atoms with Gasteiger partial charge in [-0.2, -0.15) is 5.10 Å². The Labute approximate surface area is 87.9 Å². The first-order valence-electron chi connectivity index (χ1n) is 4.69. The highest BCUT2D eigenvalue weighted by Gasteiger charge is 2.21. The van der Waals surface area contributed by atoms with Gasteiger partial charge < -0.3 is 16.2 Å². The van der Waals surface area contributed by atoms with Crippen LogP contribution in [0.25, 0.3) is 0 Å². The van der Waals surface area contributed by atoms with Crippen molar-refractivity contribution in [3.63, 3.8) is 0 Å². The summed E-state index contributed by atoms with van der Waals surface area (Å²) in [4.78, 5) is 11.6. The lowest BCUT2D eigenvalue weighted by Gasteiger charge is -2.24. The predicted octanol–water partition coefficient (Wildman–Crippen LogP) is -0.117. The maximum absolute atomic E-state index is 11.6. The highest BCUT2D eigenvalue weighted by molar-refractivity contribution is 5.93. The lowest BCUT2D eigenvalue weighted by Crippen LogP contribution is -2.44. The van der Waals surface area contributed by atoms with E-state index in [0.29, 0.717) is 12.1 Å². The van der Waals surface area contributed by atoms with E-state index < -0.39 is 5.54 Å². The Morgan fingerprint density at radius 1 is 1.73 bits per heavy atom. The number of carbonyl (C=O) groups is 1. The van der Waals surface area contributed by atoms with Gasteiger partial charge in [-0.05, 0) is 20.3 Å². The van der Waals surface area contributed by atoms with Crippen molar-refractivity contribution in [3.8, 4) is 0 Å². The second-order valence-electron chi connectivity index (χ2n) is 4.02. The zero-order valence-electron chi connectivity index (χ0n) is 8.87. The van der Waals surface area contributed by atoms with Crippen molar-refractivity contribution in [2.75, 3.05) is 12.3 Å². The fourth-order valence-corrected chi connectivity index (χ4v) is 1.17. The second-order valence-corrected chi connectivity index (χ2v) is 4.02. The molecular formula is C9H16N4O2. The summed E-state index contributed by atoms with van der Waals surface area (Å²) in [6.45, 7) is 3.69. The van der Waals surface area contributed by atoms with Gasteiger partial charge in [-0.15, -0.1) is 0 Å². The molecule has 0 saturated carbocycles. The van der Waals surface area contributed by atoms with Crippen LogP contribution < -0.4 is 11.1 Å². The average molecular weight is 212 g/mol. The second kappa shape index (κ2) is 4.31. The van der Waals surface area contributed by atoms with E-state index in [2.05, 4.69) is 15.5 Å². The molecule has 0 fully saturated rings. The van der Waals surface area contributed by atoms with Crippen molar-refractivity contribution in [1.82, 2.24) is 15.5 Å². The molecule has 0 bridgehead atoms. The number of aromatic nitrogens is 2. The molecule has 0 aliphatic carbocycles. The topological polar surface area (TPSA) is 104 Å². The third kappa shape index (κ3) is 3.25. The van der Waals surface area contributed by atoms with Crippen molar-refractivity contribution in [1.29, 1.82) is 0 Å². The Balaban J connectivity index is 2.63. The van der Waals surface area contributed by atoms with E-state index in [1.807, 2.05) is 13.8 Å². The number of amides is 1. The highest BCUT2D eigenvalue weighted by Crippen LogP contribution is 2.09. The molecule has 0 aromatic carbocycles. The summed E-state index contributed by atoms with van der Waals surface area (Å²) in [5.74, 6) is -0.00207. The van der Waals surface area contributed by atoms with Crippen molar-refractivity contribution >= 4 is 11.7 Å². The summed E-state index contributed by atoms with van der Waals surface area (Å²) >= 11 is 0. The normalized spacial score (nSPS) is 11.4. The summed E-state index contributed by atoms with van der Waals surface area (Å²) in [5, 5.41) is 17.7. The number of aliphatic hydroxyl groups excluding tert-OH is 1. The molecule has 6 heteroatoms. The number of carbonyl (C=O) groups excluding carboxylic acids is 1. The molecule has 0 radical (unpaired) electrons. The quantitative estimate of drug-likeness (QED) is 0.558. The lowest BCUT2D eigenvalue weighted by atomic mass is 10.0. The van der Waals surface area contributed by atoms with E-state index in [1.165, 1.54) is 6.07 Å². The number of hydrogen-bond donors (Lipinski definition) is 4. The molecule has 1 aromatic rings. The van der Waals surface area contributed by atoms with Crippen LogP contribution in [0.15, 0.2) is 6.07 Å². The van der Waals surface area contributed by atoms with Gasteiger partial charge in [0.2, 0.25) is 0 Å². The van der Waals surface area contributed by atoms with Crippen LogP contribution in [0.4, 0.5) is 5.82 Å². The van der Waals surface area contributed by atoms with Gasteiger partial charge in [0.05, 0.1) is 0 Å². The summed E-state index contributed by atoms with van der Waals surface area (Å²) in [6, 6.07) is 1.46. The zero-order valence-corrected chi connectivity index (χ0v) is 8.87. The van der Waals surface area contributed by atoms with Crippen LogP contribution in [0.3, 0.4) is 0 Å². The fraction of sp³-hybridized carbons (Fsp3) is 0.556. The van der Waals surface area contributed by atoms with Gasteiger partial charge in [-0.25, -0.2) is 0 Å². The third-order valence-electron chi connectivity index (χ3n) is 2.03. The van der Waals surface area contributed by atoms with Gasteiger partial charge in [0.25, 0.3) is 5.91 Å². The van der Waals surface area contributed by atoms with Gasteiger partial charge in [0.1, 0.15) is 11.5 Å². The Hall–Kier alpha value is -1.56. The number of H-pyrrole nitrogens is 1. The van der Waals surface area contributed by atoms with Crippen molar-refractivity contribution < 1.29 is 9.90 Å². The van der Waals surface area contributed by atoms with Crippen LogP contribution in [0.2, 0.25) is 0 Å². The van der Waals surface area contributed by atoms with Crippen molar-refractivity contribution in [2.45, 2.75) is 25.8 Å². The monoisotopic (exact) mass is 212 g/mol. The molecule has 1 amide bonds. The number of nitrogens with one attached hydrogen (secondary N) is 2. The number of hydrogen-bond acceptors (Lipinski definition) is 4. The zero-order chi connectivity index (χ0) is 11.5. The van der Waals surface area contributed by atoms with Crippen LogP contribution >= 0.6 is 0 Å². The summed E-state index contributed by atoms with van der Waals surface area (Å²) in [5.41, 5.74) is 5.24.